The van der Waals surface area contributed by atoms with Crippen molar-refractivity contribution in [3.8, 4) is 0 Å². The molecule has 0 saturated carbocycles. The maximum absolute atomic E-state index is 11.8. The summed E-state index contributed by atoms with van der Waals surface area (Å²) in [6.45, 7) is 3.66. The van der Waals surface area contributed by atoms with Crippen molar-refractivity contribution in [2.45, 2.75) is 26.4 Å². The number of amides is 1. The van der Waals surface area contributed by atoms with E-state index in [2.05, 4.69) is 10.3 Å². The number of nitrogens with zero attached hydrogens (tertiary/aromatic N) is 1. The summed E-state index contributed by atoms with van der Waals surface area (Å²) in [7, 11) is 0. The van der Waals surface area contributed by atoms with Crippen molar-refractivity contribution in [2.24, 2.45) is 0 Å². The molecule has 2 N–H and O–H groups in total. The first-order valence-corrected chi connectivity index (χ1v) is 6.91. The molecule has 0 aliphatic carbocycles. The molecule has 0 spiro atoms. The molecule has 1 heterocycles. The highest BCUT2D eigenvalue weighted by Crippen LogP contribution is 2.20. The highest BCUT2D eigenvalue weighted by molar-refractivity contribution is 7.13. The van der Waals surface area contributed by atoms with Gasteiger partial charge in [0.25, 0.3) is 0 Å². The molecule has 1 aromatic carbocycles. The lowest BCUT2D eigenvalue weighted by molar-refractivity contribution is -0.115. The van der Waals surface area contributed by atoms with Gasteiger partial charge in [-0.3, -0.25) is 4.79 Å². The van der Waals surface area contributed by atoms with Gasteiger partial charge in [0.05, 0.1) is 18.2 Å². The molecule has 0 fully saturated rings. The van der Waals surface area contributed by atoms with Crippen molar-refractivity contribution in [1.82, 2.24) is 4.98 Å². The van der Waals surface area contributed by atoms with Crippen molar-refractivity contribution in [3.63, 3.8) is 0 Å². The normalized spacial score (nSPS) is 12.2. The number of anilines is 1. The fourth-order valence-electron chi connectivity index (χ4n) is 1.59. The van der Waals surface area contributed by atoms with Gasteiger partial charge in [-0.2, -0.15) is 0 Å². The Hall–Kier alpha value is -1.72. The molecule has 2 rings (SSSR count). The highest BCUT2D eigenvalue weighted by atomic mass is 32.1. The molecule has 2 aromatic rings. The number of aromatic nitrogens is 1. The van der Waals surface area contributed by atoms with Crippen LogP contribution in [-0.2, 0) is 11.2 Å². The molecule has 5 heteroatoms. The average Bonchev–Trinajstić information content (AvgIpc) is 2.80. The Morgan fingerprint density at radius 1 is 1.42 bits per heavy atom. The van der Waals surface area contributed by atoms with Gasteiger partial charge in [0, 0.05) is 5.38 Å². The minimum absolute atomic E-state index is 0.102. The van der Waals surface area contributed by atoms with Crippen LogP contribution in [0.4, 0.5) is 5.13 Å². The monoisotopic (exact) mass is 276 g/mol. The van der Waals surface area contributed by atoms with E-state index in [-0.39, 0.29) is 5.91 Å². The molecule has 0 aliphatic heterocycles. The van der Waals surface area contributed by atoms with Crippen molar-refractivity contribution < 1.29 is 9.90 Å². The predicted molar refractivity (Wildman–Crippen MR) is 76.3 cm³/mol. The fourth-order valence-corrected chi connectivity index (χ4v) is 2.40. The minimum Gasteiger partial charge on any atom is -0.387 e. The number of nitrogens with one attached hydrogen (secondary N) is 1. The van der Waals surface area contributed by atoms with E-state index >= 15 is 0 Å². The summed E-state index contributed by atoms with van der Waals surface area (Å²) in [4.78, 5) is 16.0. The second-order valence-electron chi connectivity index (χ2n) is 4.46. The quantitative estimate of drug-likeness (QED) is 0.902. The van der Waals surface area contributed by atoms with E-state index in [0.717, 1.165) is 5.56 Å². The third-order valence-corrected chi connectivity index (χ3v) is 3.46. The van der Waals surface area contributed by atoms with Crippen LogP contribution in [-0.4, -0.2) is 16.0 Å². The maximum Gasteiger partial charge on any atom is 0.230 e. The summed E-state index contributed by atoms with van der Waals surface area (Å²) >= 11 is 1.32. The molecule has 1 atom stereocenters. The Labute approximate surface area is 116 Å². The molecule has 0 saturated heterocycles. The zero-order valence-corrected chi connectivity index (χ0v) is 11.7. The van der Waals surface area contributed by atoms with Gasteiger partial charge in [-0.1, -0.05) is 29.8 Å². The molecule has 1 unspecified atom stereocenters. The van der Waals surface area contributed by atoms with Crippen LogP contribution in [0.1, 0.15) is 29.8 Å². The molecule has 100 valence electrons. The largest absolute Gasteiger partial charge is 0.387 e. The van der Waals surface area contributed by atoms with E-state index in [9.17, 15) is 9.90 Å². The summed E-state index contributed by atoms with van der Waals surface area (Å²) in [5.41, 5.74) is 2.72. The number of aliphatic hydroxyl groups excluding tert-OH is 1. The van der Waals surface area contributed by atoms with Crippen molar-refractivity contribution in [2.75, 3.05) is 5.32 Å². The van der Waals surface area contributed by atoms with Gasteiger partial charge < -0.3 is 10.4 Å². The molecule has 0 aliphatic rings. The van der Waals surface area contributed by atoms with E-state index in [0.29, 0.717) is 17.2 Å². The summed E-state index contributed by atoms with van der Waals surface area (Å²) in [6.07, 6.45) is -0.289. The molecule has 19 heavy (non-hydrogen) atoms. The van der Waals surface area contributed by atoms with Gasteiger partial charge in [-0.25, -0.2) is 4.98 Å². The van der Waals surface area contributed by atoms with Crippen LogP contribution >= 0.6 is 11.3 Å². The van der Waals surface area contributed by atoms with Gasteiger partial charge in [0.2, 0.25) is 5.91 Å². The standard InChI is InChI=1S/C14H16N2O2S/c1-9-3-5-11(6-4-9)7-13(18)16-14-15-12(8-19-14)10(2)17/h3-6,8,10,17H,7H2,1-2H3,(H,15,16,18). The number of thiazole rings is 1. The minimum atomic E-state index is -0.612. The third kappa shape index (κ3) is 3.87. The van der Waals surface area contributed by atoms with E-state index in [1.165, 1.54) is 16.9 Å². The zero-order chi connectivity index (χ0) is 13.8. The predicted octanol–water partition coefficient (Wildman–Crippen LogP) is 2.69. The van der Waals surface area contributed by atoms with E-state index in [1.54, 1.807) is 12.3 Å². The summed E-state index contributed by atoms with van der Waals surface area (Å²) in [5.74, 6) is -0.102. The van der Waals surface area contributed by atoms with Crippen LogP contribution < -0.4 is 5.32 Å². The van der Waals surface area contributed by atoms with E-state index < -0.39 is 6.10 Å². The Kier molecular flexibility index (Phi) is 4.29. The number of benzene rings is 1. The fraction of sp³-hybridized carbons (Fsp3) is 0.286. The lowest BCUT2D eigenvalue weighted by Crippen LogP contribution is -2.14. The Morgan fingerprint density at radius 2 is 2.11 bits per heavy atom. The van der Waals surface area contributed by atoms with Crippen LogP contribution in [0.25, 0.3) is 0 Å². The zero-order valence-electron chi connectivity index (χ0n) is 10.9. The second-order valence-corrected chi connectivity index (χ2v) is 5.32. The van der Waals surface area contributed by atoms with Gasteiger partial charge in [0.15, 0.2) is 5.13 Å². The summed E-state index contributed by atoms with van der Waals surface area (Å²) in [5, 5.41) is 14.4. The molecule has 1 aromatic heterocycles. The Balaban J connectivity index is 1.95. The van der Waals surface area contributed by atoms with Crippen LogP contribution in [0.3, 0.4) is 0 Å². The number of aryl methyl sites for hydroxylation is 1. The number of hydrogen-bond acceptors (Lipinski definition) is 4. The van der Waals surface area contributed by atoms with Crippen LogP contribution in [0.5, 0.6) is 0 Å². The Bertz CT molecular complexity index is 561. The van der Waals surface area contributed by atoms with Crippen molar-refractivity contribution in [1.29, 1.82) is 0 Å². The Morgan fingerprint density at radius 3 is 2.68 bits per heavy atom. The molecule has 4 nitrogen and oxygen atoms in total. The molecular weight excluding hydrogens is 260 g/mol. The van der Waals surface area contributed by atoms with E-state index in [1.807, 2.05) is 31.2 Å². The van der Waals surface area contributed by atoms with Gasteiger partial charge in [0.1, 0.15) is 0 Å². The average molecular weight is 276 g/mol. The lowest BCUT2D eigenvalue weighted by Gasteiger charge is -2.03. The summed E-state index contributed by atoms with van der Waals surface area (Å²) < 4.78 is 0. The highest BCUT2D eigenvalue weighted by Gasteiger charge is 2.10. The molecule has 0 bridgehead atoms. The first kappa shape index (κ1) is 13.7. The van der Waals surface area contributed by atoms with Gasteiger partial charge in [-0.05, 0) is 19.4 Å². The first-order valence-electron chi connectivity index (χ1n) is 6.03. The molecule has 1 amide bonds. The van der Waals surface area contributed by atoms with Crippen molar-refractivity contribution in [3.05, 3.63) is 46.5 Å². The second kappa shape index (κ2) is 5.95. The SMILES string of the molecule is Cc1ccc(CC(=O)Nc2nc(C(C)O)cs2)cc1. The number of rotatable bonds is 4. The molecular formula is C14H16N2O2S. The maximum atomic E-state index is 11.8. The van der Waals surface area contributed by atoms with E-state index in [4.69, 9.17) is 0 Å². The number of carbonyl (C=O) groups excluding carboxylic acids is 1. The van der Waals surface area contributed by atoms with Gasteiger partial charge >= 0.3 is 0 Å². The summed E-state index contributed by atoms with van der Waals surface area (Å²) in [6, 6.07) is 7.85. The smallest absolute Gasteiger partial charge is 0.230 e. The van der Waals surface area contributed by atoms with Crippen LogP contribution in [0.2, 0.25) is 0 Å². The lowest BCUT2D eigenvalue weighted by atomic mass is 10.1. The van der Waals surface area contributed by atoms with Crippen LogP contribution in [0.15, 0.2) is 29.6 Å². The van der Waals surface area contributed by atoms with Crippen molar-refractivity contribution >= 4 is 22.4 Å². The number of aliphatic hydroxyl groups is 1. The van der Waals surface area contributed by atoms with Crippen LogP contribution in [0, 0.1) is 6.92 Å². The topological polar surface area (TPSA) is 62.2 Å². The molecule has 0 radical (unpaired) electrons. The number of hydrogen-bond donors (Lipinski definition) is 2. The van der Waals surface area contributed by atoms with Gasteiger partial charge in [-0.15, -0.1) is 11.3 Å². The first-order chi connectivity index (χ1) is 9.04. The third-order valence-electron chi connectivity index (χ3n) is 2.68. The number of carbonyl (C=O) groups is 1.